The summed E-state index contributed by atoms with van der Waals surface area (Å²) >= 11 is 0. The molecule has 94 valence electrons. The second-order valence-corrected chi connectivity index (χ2v) is 3.01. The fourth-order valence-corrected chi connectivity index (χ4v) is 1.15. The van der Waals surface area contributed by atoms with Gasteiger partial charge in [-0.1, -0.05) is 0 Å². The van der Waals surface area contributed by atoms with Crippen LogP contribution in [0.25, 0.3) is 0 Å². The summed E-state index contributed by atoms with van der Waals surface area (Å²) in [4.78, 5) is 9.31. The van der Waals surface area contributed by atoms with E-state index < -0.39 is 22.4 Å². The Morgan fingerprint density at radius 2 is 2.06 bits per heavy atom. The summed E-state index contributed by atoms with van der Waals surface area (Å²) in [5.74, 6) is -0.183. The largest absolute Gasteiger partial charge is 0.491 e. The average Bonchev–Trinajstić information content (AvgIpc) is 2.24. The molecule has 0 bridgehead atoms. The van der Waals surface area contributed by atoms with Crippen LogP contribution in [-0.4, -0.2) is 23.2 Å². The van der Waals surface area contributed by atoms with E-state index in [-0.39, 0.29) is 19.0 Å². The first-order valence-corrected chi connectivity index (χ1v) is 4.45. The molecule has 0 spiro atoms. The normalized spacial score (nSPS) is 11.3. The van der Waals surface area contributed by atoms with E-state index in [0.29, 0.717) is 6.07 Å². The van der Waals surface area contributed by atoms with Crippen LogP contribution in [-0.2, 0) is 6.18 Å². The van der Waals surface area contributed by atoms with Gasteiger partial charge in [0.2, 0.25) is 0 Å². The Bertz CT molecular complexity index is 419. The molecule has 1 rings (SSSR count). The molecule has 5 nitrogen and oxygen atoms in total. The molecule has 0 aromatic heterocycles. The lowest BCUT2D eigenvalue weighted by molar-refractivity contribution is -0.388. The van der Waals surface area contributed by atoms with Crippen LogP contribution in [0.15, 0.2) is 18.2 Å². The highest BCUT2D eigenvalue weighted by Crippen LogP contribution is 2.37. The number of benzene rings is 1. The molecular formula is C9H8F3NO4. The molecule has 0 atom stereocenters. The number of aliphatic hydroxyl groups excluding tert-OH is 1. The molecule has 0 saturated heterocycles. The Balaban J connectivity index is 3.15. The van der Waals surface area contributed by atoms with Crippen LogP contribution in [0, 0.1) is 10.1 Å². The van der Waals surface area contributed by atoms with Crippen molar-refractivity contribution in [2.75, 3.05) is 13.2 Å². The predicted molar refractivity (Wildman–Crippen MR) is 50.7 cm³/mol. The summed E-state index contributed by atoms with van der Waals surface area (Å²) in [5, 5.41) is 18.9. The number of ether oxygens (including phenoxy) is 1. The maximum Gasteiger partial charge on any atom is 0.423 e. The van der Waals surface area contributed by atoms with Gasteiger partial charge in [-0.15, -0.1) is 0 Å². The van der Waals surface area contributed by atoms with Gasteiger partial charge >= 0.3 is 6.18 Å². The van der Waals surface area contributed by atoms with Gasteiger partial charge in [-0.25, -0.2) is 0 Å². The van der Waals surface area contributed by atoms with E-state index in [1.165, 1.54) is 0 Å². The fraction of sp³-hybridized carbons (Fsp3) is 0.333. The molecule has 1 aromatic carbocycles. The van der Waals surface area contributed by atoms with Crippen LogP contribution in [0.2, 0.25) is 0 Å². The van der Waals surface area contributed by atoms with E-state index in [1.807, 2.05) is 0 Å². The number of nitro benzene ring substituents is 1. The minimum absolute atomic E-state index is 0.183. The van der Waals surface area contributed by atoms with Gasteiger partial charge in [-0.05, 0) is 12.1 Å². The van der Waals surface area contributed by atoms with Crippen molar-refractivity contribution in [1.29, 1.82) is 0 Å². The minimum Gasteiger partial charge on any atom is -0.491 e. The Labute approximate surface area is 93.6 Å². The van der Waals surface area contributed by atoms with Crippen molar-refractivity contribution in [3.63, 3.8) is 0 Å². The van der Waals surface area contributed by atoms with Crippen molar-refractivity contribution in [2.45, 2.75) is 6.18 Å². The smallest absolute Gasteiger partial charge is 0.423 e. The van der Waals surface area contributed by atoms with Gasteiger partial charge in [-0.2, -0.15) is 13.2 Å². The third-order valence-corrected chi connectivity index (χ3v) is 1.83. The minimum atomic E-state index is -4.83. The molecule has 8 heteroatoms. The number of aliphatic hydroxyl groups is 1. The van der Waals surface area contributed by atoms with Crippen molar-refractivity contribution in [3.05, 3.63) is 33.9 Å². The van der Waals surface area contributed by atoms with Crippen LogP contribution >= 0.6 is 0 Å². The predicted octanol–water partition coefficient (Wildman–Crippen LogP) is 1.98. The third-order valence-electron chi connectivity index (χ3n) is 1.83. The Morgan fingerprint density at radius 1 is 1.41 bits per heavy atom. The fourth-order valence-electron chi connectivity index (χ4n) is 1.15. The van der Waals surface area contributed by atoms with Gasteiger partial charge in [-0.3, -0.25) is 10.1 Å². The highest BCUT2D eigenvalue weighted by atomic mass is 19.4. The zero-order valence-corrected chi connectivity index (χ0v) is 8.40. The molecule has 0 aliphatic carbocycles. The number of nitro groups is 1. The molecule has 1 N–H and O–H groups in total. The molecule has 0 amide bonds. The average molecular weight is 251 g/mol. The number of halogens is 3. The van der Waals surface area contributed by atoms with Crippen LogP contribution in [0.3, 0.4) is 0 Å². The lowest BCUT2D eigenvalue weighted by Gasteiger charge is -2.10. The van der Waals surface area contributed by atoms with Crippen LogP contribution in [0.4, 0.5) is 18.9 Å². The summed E-state index contributed by atoms with van der Waals surface area (Å²) in [5.41, 5.74) is -2.41. The number of nitrogens with zero attached hydrogens (tertiary/aromatic N) is 1. The molecular weight excluding hydrogens is 243 g/mol. The summed E-state index contributed by atoms with van der Waals surface area (Å²) in [6.45, 7) is -0.548. The number of alkyl halides is 3. The van der Waals surface area contributed by atoms with Gasteiger partial charge in [0.25, 0.3) is 5.69 Å². The first-order valence-electron chi connectivity index (χ1n) is 4.45. The molecule has 0 aliphatic rings. The quantitative estimate of drug-likeness (QED) is 0.656. The van der Waals surface area contributed by atoms with E-state index in [0.717, 1.165) is 12.1 Å². The van der Waals surface area contributed by atoms with Gasteiger partial charge in [0.05, 0.1) is 11.5 Å². The third kappa shape index (κ3) is 3.31. The van der Waals surface area contributed by atoms with E-state index in [1.54, 1.807) is 0 Å². The van der Waals surface area contributed by atoms with E-state index in [2.05, 4.69) is 0 Å². The monoisotopic (exact) mass is 251 g/mol. The SMILES string of the molecule is O=[N+]([O-])c1ccc(OCCO)cc1C(F)(F)F. The molecule has 0 unspecified atom stereocenters. The van der Waals surface area contributed by atoms with Crippen molar-refractivity contribution < 1.29 is 27.9 Å². The first-order chi connectivity index (χ1) is 7.86. The number of hydrogen-bond donors (Lipinski definition) is 1. The molecule has 0 saturated carbocycles. The lowest BCUT2D eigenvalue weighted by Crippen LogP contribution is -2.10. The van der Waals surface area contributed by atoms with E-state index >= 15 is 0 Å². The van der Waals surface area contributed by atoms with Crippen LogP contribution < -0.4 is 4.74 Å². The summed E-state index contributed by atoms with van der Waals surface area (Å²) in [6, 6.07) is 2.30. The highest BCUT2D eigenvalue weighted by molar-refractivity contribution is 5.46. The summed E-state index contributed by atoms with van der Waals surface area (Å²) in [6.07, 6.45) is -4.83. The lowest BCUT2D eigenvalue weighted by atomic mass is 10.1. The van der Waals surface area contributed by atoms with Crippen molar-refractivity contribution in [1.82, 2.24) is 0 Å². The summed E-state index contributed by atoms with van der Waals surface area (Å²) in [7, 11) is 0. The second kappa shape index (κ2) is 5.00. The highest BCUT2D eigenvalue weighted by Gasteiger charge is 2.38. The molecule has 0 aliphatic heterocycles. The maximum atomic E-state index is 12.5. The molecule has 0 fully saturated rings. The van der Waals surface area contributed by atoms with Gasteiger partial charge in [0, 0.05) is 6.07 Å². The molecule has 17 heavy (non-hydrogen) atoms. The molecule has 0 radical (unpaired) electrons. The van der Waals surface area contributed by atoms with Crippen molar-refractivity contribution in [2.24, 2.45) is 0 Å². The molecule has 1 aromatic rings. The summed E-state index contributed by atoms with van der Waals surface area (Å²) < 4.78 is 42.3. The van der Waals surface area contributed by atoms with Crippen molar-refractivity contribution in [3.8, 4) is 5.75 Å². The Morgan fingerprint density at radius 3 is 2.53 bits per heavy atom. The number of rotatable bonds is 4. The van der Waals surface area contributed by atoms with Crippen LogP contribution in [0.1, 0.15) is 5.56 Å². The van der Waals surface area contributed by atoms with E-state index in [4.69, 9.17) is 9.84 Å². The topological polar surface area (TPSA) is 72.6 Å². The van der Waals surface area contributed by atoms with Gasteiger partial charge in [0.15, 0.2) is 0 Å². The Hall–Kier alpha value is -1.83. The van der Waals surface area contributed by atoms with Gasteiger partial charge in [0.1, 0.15) is 17.9 Å². The zero-order chi connectivity index (χ0) is 13.1. The first kappa shape index (κ1) is 13.2. The van der Waals surface area contributed by atoms with Crippen LogP contribution in [0.5, 0.6) is 5.75 Å². The van der Waals surface area contributed by atoms with E-state index in [9.17, 15) is 23.3 Å². The van der Waals surface area contributed by atoms with Gasteiger partial charge < -0.3 is 9.84 Å². The second-order valence-electron chi connectivity index (χ2n) is 3.01. The standard InChI is InChI=1S/C9H8F3NO4/c10-9(11,12)7-5-6(17-4-3-14)1-2-8(7)13(15)16/h1-2,5,14H,3-4H2. The maximum absolute atomic E-state index is 12.5. The number of hydrogen-bond acceptors (Lipinski definition) is 4. The Kier molecular flexibility index (Phi) is 3.89. The molecule has 0 heterocycles. The zero-order valence-electron chi connectivity index (χ0n) is 8.40. The van der Waals surface area contributed by atoms with Crippen molar-refractivity contribution >= 4 is 5.69 Å².